The van der Waals surface area contributed by atoms with E-state index in [-0.39, 0.29) is 19.6 Å². The Balaban J connectivity index is 2.59. The molecule has 1 aromatic carbocycles. The van der Waals surface area contributed by atoms with E-state index in [1.807, 2.05) is 31.1 Å². The van der Waals surface area contributed by atoms with Gasteiger partial charge in [0.1, 0.15) is 5.92 Å². The van der Waals surface area contributed by atoms with Crippen LogP contribution >= 0.6 is 0 Å². The molecule has 28 heavy (non-hydrogen) atoms. The van der Waals surface area contributed by atoms with E-state index in [0.717, 1.165) is 5.69 Å². The van der Waals surface area contributed by atoms with Crippen molar-refractivity contribution in [3.63, 3.8) is 0 Å². The maximum atomic E-state index is 12.8. The van der Waals surface area contributed by atoms with Crippen molar-refractivity contribution in [1.82, 2.24) is 0 Å². The largest absolute Gasteiger partial charge is 0.466 e. The van der Waals surface area contributed by atoms with Crippen LogP contribution in [0.1, 0.15) is 38.7 Å². The zero-order valence-electron chi connectivity index (χ0n) is 17.1. The molecule has 0 aromatic heterocycles. The number of anilines is 1. The fourth-order valence-corrected chi connectivity index (χ4v) is 3.87. The molecule has 4 atom stereocenters. The first-order valence-electron chi connectivity index (χ1n) is 9.49. The van der Waals surface area contributed by atoms with Crippen LogP contribution in [0.5, 0.6) is 0 Å². The van der Waals surface area contributed by atoms with Crippen molar-refractivity contribution in [1.29, 1.82) is 0 Å². The molecule has 1 aromatic rings. The predicted molar refractivity (Wildman–Crippen MR) is 104 cm³/mol. The molecule has 7 nitrogen and oxygen atoms in total. The molecule has 7 heteroatoms. The molecular weight excluding hydrogens is 362 g/mol. The fourth-order valence-electron chi connectivity index (χ4n) is 3.87. The summed E-state index contributed by atoms with van der Waals surface area (Å²) in [6, 6.07) is 7.22. The summed E-state index contributed by atoms with van der Waals surface area (Å²) in [6.07, 6.45) is -0.313. The van der Waals surface area contributed by atoms with Gasteiger partial charge < -0.3 is 19.5 Å². The third kappa shape index (κ3) is 4.35. The van der Waals surface area contributed by atoms with Crippen LogP contribution in [-0.2, 0) is 23.9 Å². The standard InChI is InChI=1S/C21H29NO6/c1-6-27-19(24)17-15(23)12-21(3,26)18(20(25)28-7-2)16(17)13-8-10-14(11-9-13)22(4)5/h8-11,16-18,26H,6-7,12H2,1-5H3/t16-,17+,18-,21-/m1/s1. The van der Waals surface area contributed by atoms with Gasteiger partial charge in [-0.05, 0) is 38.5 Å². The van der Waals surface area contributed by atoms with Crippen molar-refractivity contribution in [2.24, 2.45) is 11.8 Å². The smallest absolute Gasteiger partial charge is 0.317 e. The van der Waals surface area contributed by atoms with Crippen LogP contribution < -0.4 is 4.90 Å². The van der Waals surface area contributed by atoms with Crippen molar-refractivity contribution in [2.45, 2.75) is 38.7 Å². The van der Waals surface area contributed by atoms with Crippen LogP contribution in [0.3, 0.4) is 0 Å². The second-order valence-electron chi connectivity index (χ2n) is 7.47. The highest BCUT2D eigenvalue weighted by Crippen LogP contribution is 2.46. The highest BCUT2D eigenvalue weighted by Gasteiger charge is 2.57. The van der Waals surface area contributed by atoms with Gasteiger partial charge in [0.25, 0.3) is 0 Å². The summed E-state index contributed by atoms with van der Waals surface area (Å²) in [5.41, 5.74) is -0.0925. The number of benzene rings is 1. The van der Waals surface area contributed by atoms with Crippen molar-refractivity contribution >= 4 is 23.4 Å². The van der Waals surface area contributed by atoms with Crippen molar-refractivity contribution in [2.75, 3.05) is 32.2 Å². The molecule has 154 valence electrons. The maximum Gasteiger partial charge on any atom is 0.317 e. The van der Waals surface area contributed by atoms with E-state index in [9.17, 15) is 19.5 Å². The molecule has 0 saturated heterocycles. The third-order valence-corrected chi connectivity index (χ3v) is 5.14. The summed E-state index contributed by atoms with van der Waals surface area (Å²) < 4.78 is 10.3. The van der Waals surface area contributed by atoms with Crippen LogP contribution in [0, 0.1) is 11.8 Å². The van der Waals surface area contributed by atoms with E-state index in [1.165, 1.54) is 6.92 Å². The molecular formula is C21H29NO6. The summed E-state index contributed by atoms with van der Waals surface area (Å²) in [6.45, 7) is 5.02. The zero-order valence-corrected chi connectivity index (χ0v) is 17.1. The normalized spacial score (nSPS) is 27.2. The van der Waals surface area contributed by atoms with E-state index in [4.69, 9.17) is 9.47 Å². The quantitative estimate of drug-likeness (QED) is 0.585. The number of carbonyl (C=O) groups excluding carboxylic acids is 3. The molecule has 1 saturated carbocycles. The minimum absolute atomic E-state index is 0.120. The molecule has 0 radical (unpaired) electrons. The molecule has 0 unspecified atom stereocenters. The van der Waals surface area contributed by atoms with Crippen molar-refractivity contribution < 1.29 is 29.0 Å². The Labute approximate surface area is 165 Å². The van der Waals surface area contributed by atoms with Crippen LogP contribution in [0.4, 0.5) is 5.69 Å². The highest BCUT2D eigenvalue weighted by atomic mass is 16.5. The number of hydrogen-bond acceptors (Lipinski definition) is 7. The second kappa shape index (κ2) is 8.73. The van der Waals surface area contributed by atoms with Gasteiger partial charge in [0, 0.05) is 32.1 Å². The molecule has 1 N–H and O–H groups in total. The van der Waals surface area contributed by atoms with Crippen LogP contribution in [0.15, 0.2) is 24.3 Å². The number of hydrogen-bond donors (Lipinski definition) is 1. The molecule has 1 aliphatic rings. The Morgan fingerprint density at radius 1 is 1.11 bits per heavy atom. The lowest BCUT2D eigenvalue weighted by Gasteiger charge is -2.43. The Bertz CT molecular complexity index is 725. The number of aliphatic hydroxyl groups is 1. The molecule has 0 bridgehead atoms. The number of esters is 2. The SMILES string of the molecule is CCOC(=O)[C@H]1C(=O)C[C@@](C)(O)[C@@H](C(=O)OCC)[C@@H]1c1ccc(N(C)C)cc1. The Kier molecular flexibility index (Phi) is 6.82. The van der Waals surface area contributed by atoms with Gasteiger partial charge in [0.2, 0.25) is 0 Å². The molecule has 0 heterocycles. The first kappa shape index (κ1) is 21.9. The molecule has 1 fully saturated rings. The second-order valence-corrected chi connectivity index (χ2v) is 7.47. The topological polar surface area (TPSA) is 93.1 Å². The Morgan fingerprint density at radius 2 is 1.64 bits per heavy atom. The number of ether oxygens (including phenoxy) is 2. The molecule has 0 aliphatic heterocycles. The summed E-state index contributed by atoms with van der Waals surface area (Å²) in [5, 5.41) is 10.9. The number of ketones is 1. The third-order valence-electron chi connectivity index (χ3n) is 5.14. The number of carbonyl (C=O) groups is 3. The average molecular weight is 391 g/mol. The first-order chi connectivity index (χ1) is 13.1. The minimum Gasteiger partial charge on any atom is -0.466 e. The van der Waals surface area contributed by atoms with E-state index in [1.54, 1.807) is 26.0 Å². The maximum absolute atomic E-state index is 12.8. The minimum atomic E-state index is -1.63. The summed E-state index contributed by atoms with van der Waals surface area (Å²) in [4.78, 5) is 40.1. The van der Waals surface area contributed by atoms with Crippen molar-refractivity contribution in [3.05, 3.63) is 29.8 Å². The van der Waals surface area contributed by atoms with Crippen LogP contribution in [0.25, 0.3) is 0 Å². The summed E-state index contributed by atoms with van der Waals surface area (Å²) in [5.74, 6) is -4.85. The molecule has 0 amide bonds. The lowest BCUT2D eigenvalue weighted by atomic mass is 9.61. The molecule has 1 aliphatic carbocycles. The van der Waals surface area contributed by atoms with Gasteiger partial charge in [-0.2, -0.15) is 0 Å². The van der Waals surface area contributed by atoms with Gasteiger partial charge >= 0.3 is 11.9 Å². The lowest BCUT2D eigenvalue weighted by Crippen LogP contribution is -2.55. The first-order valence-corrected chi connectivity index (χ1v) is 9.49. The zero-order chi connectivity index (χ0) is 21.1. The summed E-state index contributed by atoms with van der Waals surface area (Å²) in [7, 11) is 3.79. The molecule has 2 rings (SSSR count). The highest BCUT2D eigenvalue weighted by molar-refractivity contribution is 6.02. The molecule has 0 spiro atoms. The van der Waals surface area contributed by atoms with Gasteiger partial charge in [-0.3, -0.25) is 14.4 Å². The fraction of sp³-hybridized carbons (Fsp3) is 0.571. The van der Waals surface area contributed by atoms with E-state index in [2.05, 4.69) is 0 Å². The number of rotatable bonds is 6. The van der Waals surface area contributed by atoms with Crippen LogP contribution in [-0.4, -0.2) is 55.7 Å². The van der Waals surface area contributed by atoms with E-state index in [0.29, 0.717) is 5.56 Å². The van der Waals surface area contributed by atoms with Crippen molar-refractivity contribution in [3.8, 4) is 0 Å². The van der Waals surface area contributed by atoms with E-state index >= 15 is 0 Å². The monoisotopic (exact) mass is 391 g/mol. The van der Waals surface area contributed by atoms with Gasteiger partial charge in [-0.25, -0.2) is 0 Å². The number of nitrogens with zero attached hydrogens (tertiary/aromatic N) is 1. The van der Waals surface area contributed by atoms with Gasteiger partial charge in [0.15, 0.2) is 5.78 Å². The van der Waals surface area contributed by atoms with E-state index < -0.39 is 41.1 Å². The lowest BCUT2D eigenvalue weighted by molar-refractivity contribution is -0.172. The Hall–Kier alpha value is -2.41. The Morgan fingerprint density at radius 3 is 2.14 bits per heavy atom. The van der Waals surface area contributed by atoms with Crippen LogP contribution in [0.2, 0.25) is 0 Å². The summed E-state index contributed by atoms with van der Waals surface area (Å²) >= 11 is 0. The van der Waals surface area contributed by atoms with Gasteiger partial charge in [-0.15, -0.1) is 0 Å². The average Bonchev–Trinajstić information content (AvgIpc) is 2.60. The predicted octanol–water partition coefficient (Wildman–Crippen LogP) is 1.92. The van der Waals surface area contributed by atoms with Gasteiger partial charge in [0.05, 0.1) is 24.7 Å². The number of Topliss-reactive ketones (excluding diaryl/α,β-unsaturated/α-hetero) is 1. The van der Waals surface area contributed by atoms with Gasteiger partial charge in [-0.1, -0.05) is 12.1 Å².